The summed E-state index contributed by atoms with van der Waals surface area (Å²) in [5, 5.41) is 13.1. The highest BCUT2D eigenvalue weighted by atomic mass is 16.3. The SMILES string of the molecule is C=C1CCC(N2Cc3cc(N4CCN(CC5CCN(c6ccc([C@@H]7c8ccc(O)cc8CC[C@@H]7c7ccccc7)cc6)CC5)CC4)ccc3C2=O)C(=O)N1. The first-order chi connectivity index (χ1) is 26.4. The number of aromatic hydroxyl groups is 1. The lowest BCUT2D eigenvalue weighted by Crippen LogP contribution is -2.49. The summed E-state index contributed by atoms with van der Waals surface area (Å²) in [4.78, 5) is 35.2. The van der Waals surface area contributed by atoms with Crippen molar-refractivity contribution in [3.05, 3.63) is 137 Å². The Hall–Kier alpha value is -5.08. The highest BCUT2D eigenvalue weighted by Gasteiger charge is 2.38. The molecule has 5 aliphatic rings. The van der Waals surface area contributed by atoms with Crippen molar-refractivity contribution in [1.29, 1.82) is 0 Å². The Labute approximate surface area is 319 Å². The van der Waals surface area contributed by atoms with Gasteiger partial charge in [-0.2, -0.15) is 0 Å². The topological polar surface area (TPSA) is 79.4 Å². The van der Waals surface area contributed by atoms with Crippen LogP contribution in [0.4, 0.5) is 11.4 Å². The first kappa shape index (κ1) is 34.7. The van der Waals surface area contributed by atoms with Crippen LogP contribution in [0.5, 0.6) is 5.75 Å². The largest absolute Gasteiger partial charge is 0.508 e. The molecule has 8 nitrogen and oxygen atoms in total. The van der Waals surface area contributed by atoms with Crippen molar-refractivity contribution in [2.75, 3.05) is 55.6 Å². The third-order valence-electron chi connectivity index (χ3n) is 12.9. The van der Waals surface area contributed by atoms with Gasteiger partial charge in [-0.05, 0) is 121 Å². The van der Waals surface area contributed by atoms with Gasteiger partial charge in [0.2, 0.25) is 5.91 Å². The summed E-state index contributed by atoms with van der Waals surface area (Å²) in [5.41, 5.74) is 10.3. The van der Waals surface area contributed by atoms with Gasteiger partial charge in [0.25, 0.3) is 5.91 Å². The van der Waals surface area contributed by atoms with Crippen molar-refractivity contribution in [3.8, 4) is 5.75 Å². The van der Waals surface area contributed by atoms with Crippen LogP contribution in [-0.2, 0) is 17.8 Å². The summed E-state index contributed by atoms with van der Waals surface area (Å²) in [6.07, 6.45) is 5.82. The van der Waals surface area contributed by atoms with E-state index >= 15 is 0 Å². The Morgan fingerprint density at radius 1 is 0.704 bits per heavy atom. The molecular weight excluding hydrogens is 671 g/mol. The number of aryl methyl sites for hydroxylation is 1. The quantitative estimate of drug-likeness (QED) is 0.213. The van der Waals surface area contributed by atoms with Gasteiger partial charge in [-0.3, -0.25) is 14.5 Å². The Balaban J connectivity index is 0.780. The molecule has 4 heterocycles. The molecule has 8 heteroatoms. The molecule has 3 atom stereocenters. The highest BCUT2D eigenvalue weighted by molar-refractivity contribution is 6.01. The second kappa shape index (κ2) is 14.6. The third-order valence-corrected chi connectivity index (χ3v) is 12.9. The number of piperidine rings is 2. The fourth-order valence-electron chi connectivity index (χ4n) is 9.94. The number of nitrogens with one attached hydrogen (secondary N) is 1. The van der Waals surface area contributed by atoms with E-state index in [9.17, 15) is 14.7 Å². The van der Waals surface area contributed by atoms with Crippen LogP contribution in [0.2, 0.25) is 0 Å². The molecule has 9 rings (SSSR count). The summed E-state index contributed by atoms with van der Waals surface area (Å²) >= 11 is 0. The minimum atomic E-state index is -0.425. The van der Waals surface area contributed by atoms with Crippen LogP contribution in [0, 0.1) is 5.92 Å². The lowest BCUT2D eigenvalue weighted by Gasteiger charge is -2.40. The molecule has 2 N–H and O–H groups in total. The van der Waals surface area contributed by atoms with Crippen molar-refractivity contribution < 1.29 is 14.7 Å². The van der Waals surface area contributed by atoms with Crippen LogP contribution in [0.1, 0.15) is 82.1 Å². The number of allylic oxidation sites excluding steroid dienone is 1. The van der Waals surface area contributed by atoms with E-state index in [1.54, 1.807) is 4.90 Å². The van der Waals surface area contributed by atoms with Gasteiger partial charge in [-0.15, -0.1) is 0 Å². The number of rotatable bonds is 7. The summed E-state index contributed by atoms with van der Waals surface area (Å²) < 4.78 is 0. The number of phenols is 1. The van der Waals surface area contributed by atoms with E-state index in [4.69, 9.17) is 0 Å². The van der Waals surface area contributed by atoms with E-state index in [1.165, 1.54) is 46.5 Å². The summed E-state index contributed by atoms with van der Waals surface area (Å²) in [6.45, 7) is 11.7. The van der Waals surface area contributed by atoms with Gasteiger partial charge in [0.1, 0.15) is 11.8 Å². The lowest BCUT2D eigenvalue weighted by atomic mass is 9.69. The van der Waals surface area contributed by atoms with E-state index in [2.05, 4.69) is 99.4 Å². The smallest absolute Gasteiger partial charge is 0.255 e. The van der Waals surface area contributed by atoms with Crippen molar-refractivity contribution in [2.45, 2.75) is 62.9 Å². The number of benzene rings is 4. The van der Waals surface area contributed by atoms with E-state index in [1.807, 2.05) is 18.2 Å². The van der Waals surface area contributed by atoms with Crippen LogP contribution in [-0.4, -0.2) is 78.6 Å². The molecule has 3 fully saturated rings. The van der Waals surface area contributed by atoms with Crippen molar-refractivity contribution >= 4 is 23.2 Å². The van der Waals surface area contributed by atoms with Gasteiger partial charge < -0.3 is 25.1 Å². The fourth-order valence-corrected chi connectivity index (χ4v) is 9.94. The monoisotopic (exact) mass is 721 g/mol. The number of nitrogens with zero attached hydrogens (tertiary/aromatic N) is 4. The number of hydrogen-bond donors (Lipinski definition) is 2. The number of carbonyl (C=O) groups excluding carboxylic acids is 2. The van der Waals surface area contributed by atoms with Gasteiger partial charge in [0, 0.05) is 80.9 Å². The first-order valence-electron chi connectivity index (χ1n) is 20.0. The number of fused-ring (bicyclic) bond motifs is 2. The number of phenolic OH excluding ortho intramolecular Hbond substituents is 1. The minimum Gasteiger partial charge on any atom is -0.508 e. The molecule has 3 saturated heterocycles. The predicted molar refractivity (Wildman–Crippen MR) is 214 cm³/mol. The molecule has 0 radical (unpaired) electrons. The molecule has 0 aromatic heterocycles. The Morgan fingerprint density at radius 3 is 2.20 bits per heavy atom. The van der Waals surface area contributed by atoms with Gasteiger partial charge in [0.05, 0.1) is 0 Å². The molecule has 0 spiro atoms. The molecule has 0 saturated carbocycles. The maximum Gasteiger partial charge on any atom is 0.255 e. The van der Waals surface area contributed by atoms with Crippen LogP contribution >= 0.6 is 0 Å². The molecule has 4 aliphatic heterocycles. The maximum absolute atomic E-state index is 13.2. The number of hydrogen-bond acceptors (Lipinski definition) is 6. The molecule has 278 valence electrons. The minimum absolute atomic E-state index is 0.0396. The number of piperazine rings is 1. The second-order valence-electron chi connectivity index (χ2n) is 16.1. The molecule has 54 heavy (non-hydrogen) atoms. The van der Waals surface area contributed by atoms with Crippen LogP contribution in [0.15, 0.2) is 103 Å². The zero-order chi connectivity index (χ0) is 36.8. The maximum atomic E-state index is 13.2. The first-order valence-corrected chi connectivity index (χ1v) is 20.0. The second-order valence-corrected chi connectivity index (χ2v) is 16.1. The standard InChI is InChI=1S/C46H51N5O3/c1-31-7-18-43(45(53)47-31)51-30-36-27-38(13-16-42(36)46(51)54)50-25-23-48(24-26-50)29-32-19-21-49(22-20-32)37-11-8-34(9-12-37)44-40(33-5-3-2-4-6-33)15-10-35-28-39(52)14-17-41(35)44/h2-6,8-9,11-14,16-17,27-28,32,40,43-44,52H,1,7,10,15,18-26,29-30H2,(H,47,53)/t40-,43?,44+/m1/s1. The summed E-state index contributed by atoms with van der Waals surface area (Å²) in [7, 11) is 0. The van der Waals surface area contributed by atoms with E-state index in [0.29, 0.717) is 37.0 Å². The number of amides is 2. The van der Waals surface area contributed by atoms with E-state index < -0.39 is 6.04 Å². The lowest BCUT2D eigenvalue weighted by molar-refractivity contribution is -0.126. The third kappa shape index (κ3) is 6.77. The van der Waals surface area contributed by atoms with Gasteiger partial charge in [0.15, 0.2) is 0 Å². The Morgan fingerprint density at radius 2 is 1.44 bits per heavy atom. The van der Waals surface area contributed by atoms with Gasteiger partial charge >= 0.3 is 0 Å². The molecule has 0 bridgehead atoms. The highest BCUT2D eigenvalue weighted by Crippen LogP contribution is 2.47. The Kier molecular flexibility index (Phi) is 9.39. The summed E-state index contributed by atoms with van der Waals surface area (Å²) in [5.74, 6) is 1.59. The van der Waals surface area contributed by atoms with Crippen molar-refractivity contribution in [3.63, 3.8) is 0 Å². The van der Waals surface area contributed by atoms with Crippen LogP contribution in [0.25, 0.3) is 0 Å². The predicted octanol–water partition coefficient (Wildman–Crippen LogP) is 7.04. The zero-order valence-corrected chi connectivity index (χ0v) is 31.1. The summed E-state index contributed by atoms with van der Waals surface area (Å²) in [6, 6.07) is 32.1. The molecule has 1 unspecified atom stereocenters. The molecule has 4 aromatic carbocycles. The molecule has 1 aliphatic carbocycles. The van der Waals surface area contributed by atoms with Crippen LogP contribution < -0.4 is 15.1 Å². The average Bonchev–Trinajstić information content (AvgIpc) is 3.53. The molecule has 4 aromatic rings. The van der Waals surface area contributed by atoms with E-state index in [0.717, 1.165) is 75.5 Å². The Bertz CT molecular complexity index is 2030. The van der Waals surface area contributed by atoms with E-state index in [-0.39, 0.29) is 17.7 Å². The van der Waals surface area contributed by atoms with Crippen molar-refractivity contribution in [1.82, 2.24) is 15.1 Å². The number of anilines is 2. The van der Waals surface area contributed by atoms with Gasteiger partial charge in [-0.1, -0.05) is 55.1 Å². The normalized spacial score (nSPS) is 23.7. The van der Waals surface area contributed by atoms with Crippen molar-refractivity contribution in [2.24, 2.45) is 5.92 Å². The molecular formula is C46H51N5O3. The number of carbonyl (C=O) groups is 2. The van der Waals surface area contributed by atoms with Crippen LogP contribution in [0.3, 0.4) is 0 Å². The molecule has 2 amide bonds. The average molecular weight is 722 g/mol. The fraction of sp³-hybridized carbons (Fsp3) is 0.391. The van der Waals surface area contributed by atoms with Gasteiger partial charge in [-0.25, -0.2) is 0 Å². The zero-order valence-electron chi connectivity index (χ0n) is 31.1.